The zero-order chi connectivity index (χ0) is 22.0. The van der Waals surface area contributed by atoms with E-state index in [2.05, 4.69) is 73.9 Å². The van der Waals surface area contributed by atoms with Crippen LogP contribution in [0.3, 0.4) is 0 Å². The summed E-state index contributed by atoms with van der Waals surface area (Å²) >= 11 is 1.69. The second kappa shape index (κ2) is 8.48. The van der Waals surface area contributed by atoms with E-state index in [1.807, 2.05) is 42.9 Å². The first-order chi connectivity index (χ1) is 16.3. The van der Waals surface area contributed by atoms with Crippen molar-refractivity contribution in [1.29, 1.82) is 0 Å². The molecule has 2 aromatic carbocycles. The van der Waals surface area contributed by atoms with Crippen LogP contribution in [0.2, 0.25) is 0 Å². The van der Waals surface area contributed by atoms with E-state index in [4.69, 9.17) is 4.98 Å². The Morgan fingerprint density at radius 3 is 2.79 bits per heavy atom. The van der Waals surface area contributed by atoms with Gasteiger partial charge in [0.1, 0.15) is 10.8 Å². The highest BCUT2D eigenvalue weighted by molar-refractivity contribution is 7.13. The van der Waals surface area contributed by atoms with Crippen molar-refractivity contribution in [3.05, 3.63) is 108 Å². The lowest BCUT2D eigenvalue weighted by Crippen LogP contribution is -2.02. The molecule has 6 rings (SSSR count). The molecule has 0 radical (unpaired) electrons. The SMILES string of the molecule is c1ccc(-c2nc(Cn3ccc4c(NCc5ccc6cnccc6c5)nccc43)cs2)cc1. The highest BCUT2D eigenvalue weighted by Gasteiger charge is 2.10. The van der Waals surface area contributed by atoms with Crippen LogP contribution in [0.5, 0.6) is 0 Å². The molecular formula is C27H21N5S. The van der Waals surface area contributed by atoms with Crippen molar-refractivity contribution in [3.63, 3.8) is 0 Å². The predicted molar refractivity (Wildman–Crippen MR) is 135 cm³/mol. The lowest BCUT2D eigenvalue weighted by atomic mass is 10.1. The minimum Gasteiger partial charge on any atom is -0.365 e. The van der Waals surface area contributed by atoms with E-state index in [1.165, 1.54) is 10.9 Å². The van der Waals surface area contributed by atoms with Gasteiger partial charge in [0.25, 0.3) is 0 Å². The number of thiazole rings is 1. The zero-order valence-electron chi connectivity index (χ0n) is 17.8. The number of nitrogens with zero attached hydrogens (tertiary/aromatic N) is 4. The molecule has 6 heteroatoms. The Bertz CT molecular complexity index is 1550. The molecule has 0 spiro atoms. The van der Waals surface area contributed by atoms with Crippen LogP contribution >= 0.6 is 11.3 Å². The zero-order valence-corrected chi connectivity index (χ0v) is 18.7. The molecule has 4 aromatic heterocycles. The van der Waals surface area contributed by atoms with Crippen molar-refractivity contribution in [1.82, 2.24) is 19.5 Å². The van der Waals surface area contributed by atoms with E-state index in [-0.39, 0.29) is 0 Å². The monoisotopic (exact) mass is 447 g/mol. The minimum absolute atomic E-state index is 0.710. The van der Waals surface area contributed by atoms with E-state index >= 15 is 0 Å². The summed E-state index contributed by atoms with van der Waals surface area (Å²) in [7, 11) is 0. The van der Waals surface area contributed by atoms with E-state index in [0.29, 0.717) is 6.54 Å². The lowest BCUT2D eigenvalue weighted by Gasteiger charge is -2.09. The fourth-order valence-corrected chi connectivity index (χ4v) is 4.91. The number of anilines is 1. The Labute approximate surface area is 195 Å². The second-order valence-electron chi connectivity index (χ2n) is 7.96. The topological polar surface area (TPSA) is 55.6 Å². The molecule has 0 bridgehead atoms. The standard InChI is InChI=1S/C27H21N5S/c1-2-4-20(5-3-1)27-31-23(18-33-27)17-32-13-10-24-25(32)9-12-29-26(24)30-15-19-6-7-22-16-28-11-8-21(22)14-19/h1-14,16,18H,15,17H2,(H,29,30). The molecule has 0 aliphatic rings. The first-order valence-electron chi connectivity index (χ1n) is 10.8. The summed E-state index contributed by atoms with van der Waals surface area (Å²) in [6.45, 7) is 1.44. The first kappa shape index (κ1) is 19.6. The van der Waals surface area contributed by atoms with Crippen molar-refractivity contribution in [2.45, 2.75) is 13.1 Å². The Kier molecular flexibility index (Phi) is 5.05. The van der Waals surface area contributed by atoms with Gasteiger partial charge in [0.2, 0.25) is 0 Å². The van der Waals surface area contributed by atoms with Gasteiger partial charge in [-0.05, 0) is 35.2 Å². The molecule has 160 valence electrons. The highest BCUT2D eigenvalue weighted by Crippen LogP contribution is 2.27. The quantitative estimate of drug-likeness (QED) is 0.322. The summed E-state index contributed by atoms with van der Waals surface area (Å²) in [6.07, 6.45) is 7.70. The molecule has 0 aliphatic heterocycles. The summed E-state index contributed by atoms with van der Waals surface area (Å²) in [5.41, 5.74) is 4.58. The van der Waals surface area contributed by atoms with Crippen molar-refractivity contribution in [2.75, 3.05) is 5.32 Å². The Morgan fingerprint density at radius 1 is 0.909 bits per heavy atom. The van der Waals surface area contributed by atoms with E-state index in [0.717, 1.165) is 44.9 Å². The molecule has 4 heterocycles. The maximum atomic E-state index is 4.85. The van der Waals surface area contributed by atoms with Gasteiger partial charge in [0.05, 0.1) is 17.8 Å². The van der Waals surface area contributed by atoms with E-state index in [9.17, 15) is 0 Å². The Hall–Kier alpha value is -4.03. The minimum atomic E-state index is 0.710. The van der Waals surface area contributed by atoms with Gasteiger partial charge in [-0.25, -0.2) is 9.97 Å². The first-order valence-corrected chi connectivity index (χ1v) is 11.7. The normalized spacial score (nSPS) is 11.3. The number of benzene rings is 2. The van der Waals surface area contributed by atoms with Crippen molar-refractivity contribution in [3.8, 4) is 10.6 Å². The average molecular weight is 448 g/mol. The number of hydrogen-bond acceptors (Lipinski definition) is 5. The van der Waals surface area contributed by atoms with Crippen LogP contribution in [0.1, 0.15) is 11.3 Å². The average Bonchev–Trinajstić information content (AvgIpc) is 3.51. The fourth-order valence-electron chi connectivity index (χ4n) is 4.10. The smallest absolute Gasteiger partial charge is 0.135 e. The number of rotatable bonds is 6. The number of nitrogens with one attached hydrogen (secondary N) is 1. The van der Waals surface area contributed by atoms with Gasteiger partial charge in [0.15, 0.2) is 0 Å². The number of pyridine rings is 2. The molecule has 0 unspecified atom stereocenters. The predicted octanol–water partition coefficient (Wildman–Crippen LogP) is 6.37. The number of hydrogen-bond donors (Lipinski definition) is 1. The molecular weight excluding hydrogens is 426 g/mol. The molecule has 0 atom stereocenters. The van der Waals surface area contributed by atoms with Crippen molar-refractivity contribution in [2.24, 2.45) is 0 Å². The fraction of sp³-hybridized carbons (Fsp3) is 0.0741. The van der Waals surface area contributed by atoms with E-state index in [1.54, 1.807) is 11.3 Å². The van der Waals surface area contributed by atoms with Gasteiger partial charge in [-0.1, -0.05) is 42.5 Å². The summed E-state index contributed by atoms with van der Waals surface area (Å²) in [4.78, 5) is 13.6. The molecule has 0 fully saturated rings. The van der Waals surface area contributed by atoms with Crippen LogP contribution in [0.4, 0.5) is 5.82 Å². The Morgan fingerprint density at radius 2 is 1.85 bits per heavy atom. The van der Waals surface area contributed by atoms with Crippen LogP contribution in [-0.2, 0) is 13.1 Å². The van der Waals surface area contributed by atoms with Gasteiger partial charge >= 0.3 is 0 Å². The number of aromatic nitrogens is 4. The summed E-state index contributed by atoms with van der Waals surface area (Å²) < 4.78 is 2.23. The molecule has 6 aromatic rings. The third-order valence-electron chi connectivity index (χ3n) is 5.77. The summed E-state index contributed by atoms with van der Waals surface area (Å²) in [5.74, 6) is 0.893. The molecule has 0 amide bonds. The van der Waals surface area contributed by atoms with Crippen LogP contribution in [0.25, 0.3) is 32.2 Å². The van der Waals surface area contributed by atoms with Gasteiger partial charge < -0.3 is 9.88 Å². The van der Waals surface area contributed by atoms with Crippen LogP contribution in [0, 0.1) is 0 Å². The lowest BCUT2D eigenvalue weighted by molar-refractivity contribution is 0.815. The molecule has 0 saturated heterocycles. The summed E-state index contributed by atoms with van der Waals surface area (Å²) in [6, 6.07) is 23.0. The molecule has 1 N–H and O–H groups in total. The van der Waals surface area contributed by atoms with Crippen LogP contribution in [-0.4, -0.2) is 19.5 Å². The third kappa shape index (κ3) is 3.97. The molecule has 0 saturated carbocycles. The van der Waals surface area contributed by atoms with Crippen molar-refractivity contribution >= 4 is 38.8 Å². The largest absolute Gasteiger partial charge is 0.365 e. The third-order valence-corrected chi connectivity index (χ3v) is 6.71. The molecule has 0 aliphatic carbocycles. The van der Waals surface area contributed by atoms with Crippen LogP contribution in [0.15, 0.2) is 96.9 Å². The van der Waals surface area contributed by atoms with Crippen molar-refractivity contribution < 1.29 is 0 Å². The Balaban J connectivity index is 1.22. The van der Waals surface area contributed by atoms with Gasteiger partial charge in [-0.15, -0.1) is 11.3 Å². The van der Waals surface area contributed by atoms with E-state index < -0.39 is 0 Å². The van der Waals surface area contributed by atoms with Gasteiger partial charge in [0, 0.05) is 53.0 Å². The van der Waals surface area contributed by atoms with Crippen LogP contribution < -0.4 is 5.32 Å². The number of fused-ring (bicyclic) bond motifs is 2. The summed E-state index contributed by atoms with van der Waals surface area (Å²) in [5, 5.41) is 10.2. The maximum Gasteiger partial charge on any atom is 0.135 e. The second-order valence-corrected chi connectivity index (χ2v) is 8.81. The molecule has 5 nitrogen and oxygen atoms in total. The van der Waals surface area contributed by atoms with Gasteiger partial charge in [-0.2, -0.15) is 0 Å². The highest BCUT2D eigenvalue weighted by atomic mass is 32.1. The van der Waals surface area contributed by atoms with Gasteiger partial charge in [-0.3, -0.25) is 4.98 Å². The molecule has 33 heavy (non-hydrogen) atoms. The maximum absolute atomic E-state index is 4.85.